The minimum atomic E-state index is -0.215. The van der Waals surface area contributed by atoms with Gasteiger partial charge in [0, 0.05) is 62.1 Å². The fourth-order valence-corrected chi connectivity index (χ4v) is 6.52. The Morgan fingerprint density at radius 1 is 0.911 bits per heavy atom. The average molecular weight is 777 g/mol. The van der Waals surface area contributed by atoms with E-state index in [1.54, 1.807) is 0 Å². The van der Waals surface area contributed by atoms with Gasteiger partial charge in [0.15, 0.2) is 5.78 Å². The topological polar surface area (TPSA) is 76.0 Å². The summed E-state index contributed by atoms with van der Waals surface area (Å²) in [5.74, 6) is 0.547. The number of rotatable bonds is 8. The van der Waals surface area contributed by atoms with E-state index < -0.39 is 0 Å². The van der Waals surface area contributed by atoms with Crippen molar-refractivity contribution in [3.8, 4) is 22.4 Å². The number of carbonyl (C=O) groups excluding carboxylic acids is 1. The standard InChI is InChI=1S/C26H18N3.C13H24O2.Ir/c1-26(2)21-13-18(16-6-4-3-5-7-16)12-17-8-11-28-25(23(17)21)20-14-29-22-15-27-10-9-19(22)24(20)26;1-5-10(6-2)12(14)9-13(15)11(7-3)8-4;/h3-13,15H,1-2H3;9-11,14H,5-8H2,1-4H3;/q-1;;/b;12-9-;. The van der Waals surface area contributed by atoms with Gasteiger partial charge >= 0.3 is 0 Å². The number of pyridine rings is 3. The first kappa shape index (κ1) is 34.1. The molecule has 0 bridgehead atoms. The summed E-state index contributed by atoms with van der Waals surface area (Å²) in [5.41, 5.74) is 7.59. The summed E-state index contributed by atoms with van der Waals surface area (Å²) < 4.78 is 0. The van der Waals surface area contributed by atoms with E-state index in [-0.39, 0.29) is 48.9 Å². The van der Waals surface area contributed by atoms with E-state index >= 15 is 0 Å². The number of nitrogens with zero attached hydrogens (tertiary/aromatic N) is 3. The maximum atomic E-state index is 11.7. The van der Waals surface area contributed by atoms with Gasteiger partial charge in [-0.25, -0.2) is 0 Å². The van der Waals surface area contributed by atoms with Crippen molar-refractivity contribution in [2.75, 3.05) is 0 Å². The van der Waals surface area contributed by atoms with Gasteiger partial charge in [0.05, 0.1) is 5.76 Å². The minimum Gasteiger partial charge on any atom is -0.512 e. The van der Waals surface area contributed by atoms with Crippen molar-refractivity contribution in [1.82, 2.24) is 15.0 Å². The van der Waals surface area contributed by atoms with Crippen LogP contribution in [-0.4, -0.2) is 25.8 Å². The molecule has 1 aliphatic carbocycles. The summed E-state index contributed by atoms with van der Waals surface area (Å²) in [6, 6.07) is 19.3. The van der Waals surface area contributed by atoms with Crippen LogP contribution in [0.25, 0.3) is 44.1 Å². The molecule has 2 aromatic carbocycles. The SMILES string of the molecule is CC1(C)c2c([c-]nc3cnccc23)-c2nccc3cc(-c4ccccc4)cc1c23.CCC(CC)C(=O)/C=C(\O)C(CC)CC.[Ir]. The molecule has 0 atom stereocenters. The number of aliphatic hydroxyl groups is 1. The Morgan fingerprint density at radius 3 is 2.27 bits per heavy atom. The normalized spacial score (nSPS) is 13.3. The van der Waals surface area contributed by atoms with Gasteiger partial charge in [-0.2, -0.15) is 0 Å². The molecule has 0 amide bonds. The van der Waals surface area contributed by atoms with Crippen LogP contribution >= 0.6 is 0 Å². The maximum absolute atomic E-state index is 11.7. The Morgan fingerprint density at radius 2 is 1.60 bits per heavy atom. The second kappa shape index (κ2) is 14.6. The monoisotopic (exact) mass is 777 g/mol. The van der Waals surface area contributed by atoms with Gasteiger partial charge in [-0.3, -0.25) is 9.78 Å². The Labute approximate surface area is 280 Å². The third kappa shape index (κ3) is 6.64. The molecule has 0 unspecified atom stereocenters. The zero-order valence-corrected chi connectivity index (χ0v) is 29.4. The first-order valence-electron chi connectivity index (χ1n) is 15.8. The summed E-state index contributed by atoms with van der Waals surface area (Å²) in [4.78, 5) is 25.3. The Balaban J connectivity index is 0.000000249. The Kier molecular flexibility index (Phi) is 11.1. The molecule has 45 heavy (non-hydrogen) atoms. The van der Waals surface area contributed by atoms with Crippen molar-refractivity contribution >= 4 is 27.5 Å². The number of benzene rings is 2. The van der Waals surface area contributed by atoms with Crippen LogP contribution in [-0.2, 0) is 30.3 Å². The molecule has 5 aromatic rings. The molecule has 3 heterocycles. The number of carbonyl (C=O) groups is 1. The average Bonchev–Trinajstić information content (AvgIpc) is 3.04. The summed E-state index contributed by atoms with van der Waals surface area (Å²) in [5, 5.41) is 13.3. The third-order valence-corrected chi connectivity index (χ3v) is 9.20. The van der Waals surface area contributed by atoms with Gasteiger partial charge in [-0.15, -0.1) is 11.1 Å². The van der Waals surface area contributed by atoms with Gasteiger partial charge in [0.1, 0.15) is 0 Å². The molecule has 1 aliphatic rings. The second-order valence-electron chi connectivity index (χ2n) is 12.1. The van der Waals surface area contributed by atoms with Gasteiger partial charge < -0.3 is 15.1 Å². The molecule has 0 saturated carbocycles. The van der Waals surface area contributed by atoms with Crippen molar-refractivity contribution in [2.45, 2.75) is 72.6 Å². The maximum Gasteiger partial charge on any atom is 0.162 e. The molecule has 1 N–H and O–H groups in total. The van der Waals surface area contributed by atoms with Crippen LogP contribution in [0, 0.1) is 18.0 Å². The van der Waals surface area contributed by atoms with Crippen LogP contribution in [0.3, 0.4) is 0 Å². The van der Waals surface area contributed by atoms with Crippen LogP contribution in [0.15, 0.2) is 85.0 Å². The van der Waals surface area contributed by atoms with Crippen LogP contribution < -0.4 is 0 Å². The molecule has 6 heteroatoms. The zero-order chi connectivity index (χ0) is 31.4. The smallest absolute Gasteiger partial charge is 0.162 e. The van der Waals surface area contributed by atoms with Gasteiger partial charge in [-0.1, -0.05) is 89.4 Å². The molecule has 0 aliphatic heterocycles. The van der Waals surface area contributed by atoms with Gasteiger partial charge in [0.25, 0.3) is 0 Å². The fourth-order valence-electron chi connectivity index (χ4n) is 6.52. The molecule has 0 saturated heterocycles. The number of hydrogen-bond acceptors (Lipinski definition) is 5. The Hall–Kier alpha value is -3.73. The van der Waals surface area contributed by atoms with Crippen molar-refractivity contribution in [3.05, 3.63) is 102 Å². The predicted octanol–water partition coefficient (Wildman–Crippen LogP) is 9.82. The van der Waals surface area contributed by atoms with E-state index in [9.17, 15) is 9.90 Å². The van der Waals surface area contributed by atoms with E-state index in [4.69, 9.17) is 4.98 Å². The Bertz CT molecular complexity index is 1820. The van der Waals surface area contributed by atoms with E-state index in [0.717, 1.165) is 47.8 Å². The molecular weight excluding hydrogens is 735 g/mol. The third-order valence-electron chi connectivity index (χ3n) is 9.20. The van der Waals surface area contributed by atoms with Crippen molar-refractivity contribution in [2.24, 2.45) is 11.8 Å². The van der Waals surface area contributed by atoms with Crippen molar-refractivity contribution in [1.29, 1.82) is 0 Å². The van der Waals surface area contributed by atoms with Crippen LogP contribution in [0.5, 0.6) is 0 Å². The largest absolute Gasteiger partial charge is 0.512 e. The first-order valence-corrected chi connectivity index (χ1v) is 15.8. The number of hydrogen-bond donors (Lipinski definition) is 1. The van der Waals surface area contributed by atoms with Crippen molar-refractivity contribution in [3.63, 3.8) is 0 Å². The molecule has 6 rings (SSSR count). The van der Waals surface area contributed by atoms with Gasteiger partial charge in [0.2, 0.25) is 0 Å². The molecular formula is C39H42IrN3O2-. The van der Waals surface area contributed by atoms with Crippen LogP contribution in [0.1, 0.15) is 78.4 Å². The van der Waals surface area contributed by atoms with E-state index in [1.165, 1.54) is 39.1 Å². The quantitative estimate of drug-likeness (QED) is 0.0966. The summed E-state index contributed by atoms with van der Waals surface area (Å²) in [6.45, 7) is 12.7. The molecule has 5 nitrogen and oxygen atoms in total. The molecule has 3 aromatic heterocycles. The minimum absolute atomic E-state index is 0. The summed E-state index contributed by atoms with van der Waals surface area (Å²) in [7, 11) is 0. The summed E-state index contributed by atoms with van der Waals surface area (Å²) in [6.07, 6.45) is 13.7. The number of fused-ring (bicyclic) bond motifs is 4. The zero-order valence-electron chi connectivity index (χ0n) is 27.0. The number of aliphatic hydroxyl groups excluding tert-OH is 1. The van der Waals surface area contributed by atoms with E-state index in [2.05, 4.69) is 84.6 Å². The van der Waals surface area contributed by atoms with E-state index in [0.29, 0.717) is 0 Å². The second-order valence-corrected chi connectivity index (χ2v) is 12.1. The van der Waals surface area contributed by atoms with Crippen LogP contribution in [0.2, 0.25) is 0 Å². The van der Waals surface area contributed by atoms with E-state index in [1.807, 2.05) is 46.3 Å². The predicted molar refractivity (Wildman–Crippen MR) is 181 cm³/mol. The first-order chi connectivity index (χ1) is 21.2. The van der Waals surface area contributed by atoms with Gasteiger partial charge in [-0.05, 0) is 82.6 Å². The molecule has 235 valence electrons. The van der Waals surface area contributed by atoms with Crippen LogP contribution in [0.4, 0.5) is 0 Å². The molecule has 1 radical (unpaired) electrons. The summed E-state index contributed by atoms with van der Waals surface area (Å²) >= 11 is 0. The fraction of sp³-hybridized carbons (Fsp3) is 0.333. The molecule has 0 spiro atoms. The molecule has 0 fully saturated rings. The number of aromatic nitrogens is 3. The number of ketones is 1. The number of allylic oxidation sites excluding steroid dienone is 2. The van der Waals surface area contributed by atoms with Crippen molar-refractivity contribution < 1.29 is 30.0 Å².